The average molecular weight is 320 g/mol. The molecule has 0 radical (unpaired) electrons. The minimum Gasteiger partial charge on any atom is -0.481 e. The molecular weight excluding hydrogens is 292 g/mol. The lowest BCUT2D eigenvalue weighted by Gasteiger charge is -2.40. The summed E-state index contributed by atoms with van der Waals surface area (Å²) in [6.07, 6.45) is 4.95. The summed E-state index contributed by atoms with van der Waals surface area (Å²) in [6.45, 7) is 5.95. The van der Waals surface area contributed by atoms with E-state index in [2.05, 4.69) is 0 Å². The molecule has 0 aromatic heterocycles. The zero-order valence-electron chi connectivity index (χ0n) is 14.3. The Morgan fingerprint density at radius 3 is 2.30 bits per heavy atom. The lowest BCUT2D eigenvalue weighted by Crippen LogP contribution is -2.42. The van der Waals surface area contributed by atoms with Crippen molar-refractivity contribution >= 4 is 11.9 Å². The summed E-state index contributed by atoms with van der Waals surface area (Å²) in [5.41, 5.74) is -0.398. The molecular formula is C19H28O4. The van der Waals surface area contributed by atoms with Gasteiger partial charge in [0.25, 0.3) is 0 Å². The fourth-order valence-corrected chi connectivity index (χ4v) is 6.40. The van der Waals surface area contributed by atoms with E-state index in [1.165, 1.54) is 0 Å². The van der Waals surface area contributed by atoms with Gasteiger partial charge in [0.2, 0.25) is 0 Å². The molecule has 4 aliphatic rings. The Bertz CT molecular complexity index is 539. The highest BCUT2D eigenvalue weighted by Gasteiger charge is 2.66. The van der Waals surface area contributed by atoms with Gasteiger partial charge in [-0.15, -0.1) is 0 Å². The van der Waals surface area contributed by atoms with Gasteiger partial charge in [-0.3, -0.25) is 9.59 Å². The number of hydrogen-bond donors (Lipinski definition) is 1. The van der Waals surface area contributed by atoms with E-state index in [0.717, 1.165) is 32.1 Å². The standard InChI is InChI=1S/C19H28O4/c1-4-19(2,3)18(22)23-14-8-10-7-13(14)16-9-5-11(15(10)16)12(6-9)17(20)21/h9-16H,4-8H2,1-3H3,(H,20,21). The third-order valence-corrected chi connectivity index (χ3v) is 7.77. The molecule has 128 valence electrons. The molecule has 4 fully saturated rings. The van der Waals surface area contributed by atoms with Crippen molar-refractivity contribution in [1.29, 1.82) is 0 Å². The molecule has 4 aliphatic carbocycles. The minimum atomic E-state index is -0.591. The van der Waals surface area contributed by atoms with Gasteiger partial charge in [0.1, 0.15) is 6.10 Å². The first kappa shape index (κ1) is 15.5. The van der Waals surface area contributed by atoms with Crippen LogP contribution in [0.15, 0.2) is 0 Å². The smallest absolute Gasteiger partial charge is 0.311 e. The van der Waals surface area contributed by atoms with Crippen LogP contribution in [0.3, 0.4) is 0 Å². The molecule has 4 heteroatoms. The van der Waals surface area contributed by atoms with Crippen molar-refractivity contribution in [2.24, 2.45) is 46.8 Å². The number of carboxylic acid groups (broad SMARTS) is 1. The van der Waals surface area contributed by atoms with E-state index < -0.39 is 11.4 Å². The Labute approximate surface area is 138 Å². The molecule has 8 unspecified atom stereocenters. The van der Waals surface area contributed by atoms with Crippen molar-refractivity contribution < 1.29 is 19.4 Å². The molecule has 4 nitrogen and oxygen atoms in total. The van der Waals surface area contributed by atoms with Crippen molar-refractivity contribution in [1.82, 2.24) is 0 Å². The number of carbonyl (C=O) groups is 2. The summed E-state index contributed by atoms with van der Waals surface area (Å²) in [4.78, 5) is 23.9. The van der Waals surface area contributed by atoms with Gasteiger partial charge < -0.3 is 9.84 Å². The van der Waals surface area contributed by atoms with E-state index in [1.807, 2.05) is 20.8 Å². The van der Waals surface area contributed by atoms with Crippen LogP contribution < -0.4 is 0 Å². The Kier molecular flexibility index (Phi) is 3.34. The normalized spacial score (nSPS) is 46.9. The topological polar surface area (TPSA) is 63.6 Å². The number of fused-ring (bicyclic) bond motifs is 9. The van der Waals surface area contributed by atoms with E-state index in [4.69, 9.17) is 4.74 Å². The average Bonchev–Trinajstić information content (AvgIpc) is 3.23. The van der Waals surface area contributed by atoms with Crippen LogP contribution in [0.1, 0.15) is 52.9 Å². The number of ether oxygens (including phenoxy) is 1. The number of rotatable bonds is 4. The maximum absolute atomic E-state index is 12.4. The van der Waals surface area contributed by atoms with Gasteiger partial charge in [0.15, 0.2) is 0 Å². The van der Waals surface area contributed by atoms with Gasteiger partial charge >= 0.3 is 11.9 Å². The van der Waals surface area contributed by atoms with Crippen LogP contribution in [0.25, 0.3) is 0 Å². The van der Waals surface area contributed by atoms with E-state index in [9.17, 15) is 14.7 Å². The van der Waals surface area contributed by atoms with Gasteiger partial charge in [-0.2, -0.15) is 0 Å². The monoisotopic (exact) mass is 320 g/mol. The molecule has 0 saturated heterocycles. The van der Waals surface area contributed by atoms with E-state index in [-0.39, 0.29) is 18.0 Å². The van der Waals surface area contributed by atoms with Crippen LogP contribution in [-0.2, 0) is 14.3 Å². The van der Waals surface area contributed by atoms with Gasteiger partial charge in [0, 0.05) is 0 Å². The highest BCUT2D eigenvalue weighted by atomic mass is 16.5. The molecule has 0 heterocycles. The summed E-state index contributed by atoms with van der Waals surface area (Å²) < 4.78 is 5.94. The molecule has 8 atom stereocenters. The molecule has 0 aliphatic heterocycles. The van der Waals surface area contributed by atoms with Crippen LogP contribution in [0.2, 0.25) is 0 Å². The number of hydrogen-bond acceptors (Lipinski definition) is 3. The first-order chi connectivity index (χ1) is 10.8. The number of esters is 1. The third kappa shape index (κ3) is 2.09. The van der Waals surface area contributed by atoms with Crippen LogP contribution in [0, 0.1) is 46.8 Å². The van der Waals surface area contributed by atoms with E-state index >= 15 is 0 Å². The maximum atomic E-state index is 12.4. The molecule has 1 N–H and O–H groups in total. The predicted molar refractivity (Wildman–Crippen MR) is 84.5 cm³/mol. The molecule has 23 heavy (non-hydrogen) atoms. The Morgan fingerprint density at radius 2 is 1.65 bits per heavy atom. The summed E-state index contributed by atoms with van der Waals surface area (Å²) in [7, 11) is 0. The third-order valence-electron chi connectivity index (χ3n) is 7.77. The van der Waals surface area contributed by atoms with Gasteiger partial charge in [-0.05, 0) is 81.5 Å². The number of carbonyl (C=O) groups excluding carboxylic acids is 1. The van der Waals surface area contributed by atoms with Crippen molar-refractivity contribution in [3.63, 3.8) is 0 Å². The summed E-state index contributed by atoms with van der Waals surface area (Å²) >= 11 is 0. The first-order valence-corrected chi connectivity index (χ1v) is 9.27. The molecule has 0 aromatic rings. The Morgan fingerprint density at radius 1 is 1.04 bits per heavy atom. The molecule has 4 bridgehead atoms. The van der Waals surface area contributed by atoms with Crippen LogP contribution in [0.4, 0.5) is 0 Å². The lowest BCUT2D eigenvalue weighted by atomic mass is 9.67. The van der Waals surface area contributed by atoms with Crippen LogP contribution in [-0.4, -0.2) is 23.1 Å². The summed E-state index contributed by atoms with van der Waals surface area (Å²) in [6, 6.07) is 0. The van der Waals surface area contributed by atoms with Crippen molar-refractivity contribution in [3.8, 4) is 0 Å². The van der Waals surface area contributed by atoms with Crippen LogP contribution in [0.5, 0.6) is 0 Å². The largest absolute Gasteiger partial charge is 0.481 e. The second kappa shape index (κ2) is 4.97. The second-order valence-electron chi connectivity index (χ2n) is 9.07. The minimum absolute atomic E-state index is 0.0549. The number of carboxylic acids is 1. The highest BCUT2D eigenvalue weighted by Crippen LogP contribution is 2.69. The van der Waals surface area contributed by atoms with Crippen molar-refractivity contribution in [3.05, 3.63) is 0 Å². The maximum Gasteiger partial charge on any atom is 0.311 e. The fraction of sp³-hybridized carbons (Fsp3) is 0.895. The predicted octanol–water partition coefficient (Wildman–Crippen LogP) is 3.35. The quantitative estimate of drug-likeness (QED) is 0.637. The van der Waals surface area contributed by atoms with E-state index in [0.29, 0.717) is 35.5 Å². The molecule has 0 amide bonds. The van der Waals surface area contributed by atoms with Gasteiger partial charge in [-0.1, -0.05) is 6.92 Å². The van der Waals surface area contributed by atoms with Gasteiger partial charge in [0.05, 0.1) is 11.3 Å². The summed E-state index contributed by atoms with van der Waals surface area (Å²) in [5.74, 6) is 2.48. The molecule has 0 spiro atoms. The first-order valence-electron chi connectivity index (χ1n) is 9.27. The Balaban J connectivity index is 1.47. The second-order valence-corrected chi connectivity index (χ2v) is 9.07. The van der Waals surface area contributed by atoms with Crippen LogP contribution >= 0.6 is 0 Å². The van der Waals surface area contributed by atoms with Crippen molar-refractivity contribution in [2.75, 3.05) is 0 Å². The lowest BCUT2D eigenvalue weighted by molar-refractivity contribution is -0.165. The fourth-order valence-electron chi connectivity index (χ4n) is 6.40. The highest BCUT2D eigenvalue weighted by molar-refractivity contribution is 5.76. The van der Waals surface area contributed by atoms with Gasteiger partial charge in [-0.25, -0.2) is 0 Å². The summed E-state index contributed by atoms with van der Waals surface area (Å²) in [5, 5.41) is 9.44. The molecule has 4 saturated carbocycles. The zero-order chi connectivity index (χ0) is 16.5. The number of aliphatic carboxylic acids is 1. The molecule has 4 rings (SSSR count). The Hall–Kier alpha value is -1.06. The molecule has 0 aromatic carbocycles. The van der Waals surface area contributed by atoms with E-state index in [1.54, 1.807) is 0 Å². The van der Waals surface area contributed by atoms with Crippen molar-refractivity contribution in [2.45, 2.75) is 59.0 Å². The SMILES string of the molecule is CCC(C)(C)C(=O)OC1CC2CC1C1C3CC(C(=O)O)C(C3)C21. The zero-order valence-corrected chi connectivity index (χ0v) is 14.3.